The number of amidine groups is 1. The maximum absolute atomic E-state index is 8.40. The number of likely N-dealkylation sites (N-methyl/N-ethyl adjacent to an activating group) is 1. The number of piperazine rings is 1. The molecule has 1 aromatic carbocycles. The van der Waals surface area contributed by atoms with Crippen LogP contribution in [0.2, 0.25) is 0 Å². The number of hydrogen-bond acceptors (Lipinski definition) is 3. The third-order valence-corrected chi connectivity index (χ3v) is 3.87. The van der Waals surface area contributed by atoms with Crippen LogP contribution in [0.15, 0.2) is 24.3 Å². The van der Waals surface area contributed by atoms with E-state index < -0.39 is 0 Å². The summed E-state index contributed by atoms with van der Waals surface area (Å²) in [5.41, 5.74) is 1.17. The Morgan fingerprint density at radius 2 is 1.94 bits per heavy atom. The Kier molecular flexibility index (Phi) is 2.96. The van der Waals surface area contributed by atoms with Gasteiger partial charge in [0.25, 0.3) is 0 Å². The number of ether oxygens (including phenoxy) is 1. The number of nitrogens with zero attached hydrogens (tertiary/aromatic N) is 2. The second kappa shape index (κ2) is 4.61. The van der Waals surface area contributed by atoms with Gasteiger partial charge >= 0.3 is 0 Å². The van der Waals surface area contributed by atoms with Crippen molar-refractivity contribution in [1.29, 1.82) is 5.41 Å². The lowest BCUT2D eigenvalue weighted by Gasteiger charge is -2.35. The molecule has 2 aliphatic heterocycles. The average Bonchev–Trinajstić information content (AvgIpc) is 2.82. The summed E-state index contributed by atoms with van der Waals surface area (Å²) in [6, 6.07) is 8.09. The highest BCUT2D eigenvalue weighted by atomic mass is 16.5. The van der Waals surface area contributed by atoms with Crippen LogP contribution in [0.3, 0.4) is 0 Å². The number of benzene rings is 1. The summed E-state index contributed by atoms with van der Waals surface area (Å²) in [5.74, 6) is 1.78. The number of hydrogen-bond donors (Lipinski definition) is 1. The van der Waals surface area contributed by atoms with E-state index in [-0.39, 0.29) is 5.92 Å². The van der Waals surface area contributed by atoms with Gasteiger partial charge in [0.2, 0.25) is 0 Å². The van der Waals surface area contributed by atoms with Crippen molar-refractivity contribution >= 4 is 5.84 Å². The van der Waals surface area contributed by atoms with Crippen LogP contribution in [0.4, 0.5) is 0 Å². The predicted molar refractivity (Wildman–Crippen MR) is 71.5 cm³/mol. The standard InChI is InChI=1S/C14H19N3O/c1-16-6-8-17(9-7-16)14(15)12-10-18-13-5-3-2-4-11(12)13/h2-5,12,15H,6-10H2,1H3. The summed E-state index contributed by atoms with van der Waals surface area (Å²) < 4.78 is 5.67. The summed E-state index contributed by atoms with van der Waals surface area (Å²) in [6.45, 7) is 4.60. The Morgan fingerprint density at radius 3 is 2.72 bits per heavy atom. The highest BCUT2D eigenvalue weighted by Gasteiger charge is 2.31. The fourth-order valence-electron chi connectivity index (χ4n) is 2.66. The van der Waals surface area contributed by atoms with Crippen molar-refractivity contribution in [2.75, 3.05) is 39.8 Å². The fourth-order valence-corrected chi connectivity index (χ4v) is 2.66. The minimum absolute atomic E-state index is 0.115. The molecule has 0 spiro atoms. The van der Waals surface area contributed by atoms with Crippen molar-refractivity contribution in [2.45, 2.75) is 5.92 Å². The van der Waals surface area contributed by atoms with Gasteiger partial charge in [0.05, 0.1) is 5.92 Å². The van der Waals surface area contributed by atoms with Crippen molar-refractivity contribution in [3.8, 4) is 5.75 Å². The summed E-state index contributed by atoms with van der Waals surface area (Å²) in [7, 11) is 2.13. The van der Waals surface area contributed by atoms with Gasteiger partial charge in [0.1, 0.15) is 18.2 Å². The van der Waals surface area contributed by atoms with Crippen LogP contribution in [-0.4, -0.2) is 55.5 Å². The molecule has 96 valence electrons. The second-order valence-corrected chi connectivity index (χ2v) is 5.08. The Morgan fingerprint density at radius 1 is 1.22 bits per heavy atom. The van der Waals surface area contributed by atoms with Crippen molar-refractivity contribution in [1.82, 2.24) is 9.80 Å². The molecule has 0 aromatic heterocycles. The van der Waals surface area contributed by atoms with E-state index in [1.807, 2.05) is 18.2 Å². The quantitative estimate of drug-likeness (QED) is 0.600. The van der Waals surface area contributed by atoms with Crippen molar-refractivity contribution in [3.05, 3.63) is 29.8 Å². The minimum atomic E-state index is 0.115. The first-order chi connectivity index (χ1) is 8.75. The molecule has 3 rings (SSSR count). The van der Waals surface area contributed by atoms with Gasteiger partial charge in [-0.05, 0) is 13.1 Å². The monoisotopic (exact) mass is 245 g/mol. The van der Waals surface area contributed by atoms with Crippen LogP contribution in [0.25, 0.3) is 0 Å². The van der Waals surface area contributed by atoms with E-state index in [9.17, 15) is 0 Å². The number of rotatable bonds is 1. The lowest BCUT2D eigenvalue weighted by atomic mass is 9.99. The molecule has 4 nitrogen and oxygen atoms in total. The van der Waals surface area contributed by atoms with Gasteiger partial charge in [-0.2, -0.15) is 0 Å². The summed E-state index contributed by atoms with van der Waals surface area (Å²) in [4.78, 5) is 4.50. The van der Waals surface area contributed by atoms with Crippen molar-refractivity contribution in [3.63, 3.8) is 0 Å². The maximum Gasteiger partial charge on any atom is 0.123 e. The minimum Gasteiger partial charge on any atom is -0.492 e. The van der Waals surface area contributed by atoms with E-state index in [1.165, 1.54) is 5.56 Å². The van der Waals surface area contributed by atoms with E-state index >= 15 is 0 Å². The SMILES string of the molecule is CN1CCN(C(=N)C2COc3ccccc32)CC1. The molecule has 0 amide bonds. The molecule has 1 saturated heterocycles. The summed E-state index contributed by atoms with van der Waals surface area (Å²) >= 11 is 0. The lowest BCUT2D eigenvalue weighted by molar-refractivity contribution is 0.209. The predicted octanol–water partition coefficient (Wildman–Crippen LogP) is 1.39. The highest BCUT2D eigenvalue weighted by molar-refractivity contribution is 5.88. The largest absolute Gasteiger partial charge is 0.492 e. The summed E-state index contributed by atoms with van der Waals surface area (Å²) in [6.07, 6.45) is 0. The van der Waals surface area contributed by atoms with Gasteiger partial charge < -0.3 is 14.5 Å². The second-order valence-electron chi connectivity index (χ2n) is 5.08. The Balaban J connectivity index is 1.74. The average molecular weight is 245 g/mol. The van der Waals surface area contributed by atoms with E-state index in [4.69, 9.17) is 10.1 Å². The van der Waals surface area contributed by atoms with Crippen LogP contribution in [-0.2, 0) is 0 Å². The molecule has 0 radical (unpaired) electrons. The maximum atomic E-state index is 8.40. The van der Waals surface area contributed by atoms with Crippen LogP contribution in [0.1, 0.15) is 11.5 Å². The van der Waals surface area contributed by atoms with Gasteiger partial charge in [-0.3, -0.25) is 5.41 Å². The normalized spacial score (nSPS) is 23.6. The van der Waals surface area contributed by atoms with Crippen molar-refractivity contribution in [2.24, 2.45) is 0 Å². The molecule has 2 aliphatic rings. The molecular weight excluding hydrogens is 226 g/mol. The van der Waals surface area contributed by atoms with E-state index in [1.54, 1.807) is 0 Å². The first kappa shape index (κ1) is 11.5. The summed E-state index contributed by atoms with van der Waals surface area (Å²) in [5, 5.41) is 8.40. The Hall–Kier alpha value is -1.55. The molecule has 1 aromatic rings. The number of fused-ring (bicyclic) bond motifs is 1. The zero-order valence-electron chi connectivity index (χ0n) is 10.7. The zero-order chi connectivity index (χ0) is 12.5. The van der Waals surface area contributed by atoms with Crippen LogP contribution >= 0.6 is 0 Å². The molecule has 18 heavy (non-hydrogen) atoms. The van der Waals surface area contributed by atoms with Crippen molar-refractivity contribution < 1.29 is 4.74 Å². The van der Waals surface area contributed by atoms with Gasteiger partial charge in [-0.25, -0.2) is 0 Å². The molecular formula is C14H19N3O. The van der Waals surface area contributed by atoms with Gasteiger partial charge in [-0.1, -0.05) is 18.2 Å². The van der Waals surface area contributed by atoms with Crippen LogP contribution in [0.5, 0.6) is 5.75 Å². The Bertz CT molecular complexity index is 452. The van der Waals surface area contributed by atoms with E-state index in [2.05, 4.69) is 22.9 Å². The van der Waals surface area contributed by atoms with Crippen LogP contribution in [0, 0.1) is 5.41 Å². The first-order valence-electron chi connectivity index (χ1n) is 6.49. The van der Waals surface area contributed by atoms with Crippen LogP contribution < -0.4 is 4.74 Å². The molecule has 1 fully saturated rings. The first-order valence-corrected chi connectivity index (χ1v) is 6.49. The highest BCUT2D eigenvalue weighted by Crippen LogP contribution is 2.34. The lowest BCUT2D eigenvalue weighted by Crippen LogP contribution is -2.48. The molecule has 1 unspecified atom stereocenters. The molecule has 0 aliphatic carbocycles. The molecule has 4 heteroatoms. The molecule has 1 atom stereocenters. The molecule has 0 bridgehead atoms. The van der Waals surface area contributed by atoms with E-state index in [0.29, 0.717) is 12.4 Å². The van der Waals surface area contributed by atoms with Gasteiger partial charge in [-0.15, -0.1) is 0 Å². The number of nitrogens with one attached hydrogen (secondary N) is 1. The smallest absolute Gasteiger partial charge is 0.123 e. The van der Waals surface area contributed by atoms with Gasteiger partial charge in [0.15, 0.2) is 0 Å². The van der Waals surface area contributed by atoms with Gasteiger partial charge in [0, 0.05) is 31.7 Å². The molecule has 0 saturated carbocycles. The third kappa shape index (κ3) is 1.97. The molecule has 1 N–H and O–H groups in total. The Labute approximate surface area is 108 Å². The third-order valence-electron chi connectivity index (χ3n) is 3.87. The number of para-hydroxylation sites is 1. The topological polar surface area (TPSA) is 39.6 Å². The zero-order valence-corrected chi connectivity index (χ0v) is 10.7. The fraction of sp³-hybridized carbons (Fsp3) is 0.500. The molecule has 2 heterocycles. The van der Waals surface area contributed by atoms with E-state index in [0.717, 1.165) is 31.9 Å².